The highest BCUT2D eigenvalue weighted by Gasteiger charge is 2.26. The Hall–Kier alpha value is -3.78. The van der Waals surface area contributed by atoms with E-state index in [1.807, 2.05) is 36.4 Å². The number of ether oxygens (including phenoxy) is 1. The van der Waals surface area contributed by atoms with Crippen LogP contribution in [0.15, 0.2) is 87.5 Å². The van der Waals surface area contributed by atoms with Crippen LogP contribution in [0.4, 0.5) is 11.4 Å². The zero-order valence-corrected chi connectivity index (χ0v) is 17.8. The zero-order valence-electron chi connectivity index (χ0n) is 16.2. The van der Waals surface area contributed by atoms with Crippen molar-refractivity contribution in [2.75, 3.05) is 17.2 Å². The number of para-hydroxylation sites is 2. The second-order valence-corrected chi connectivity index (χ2v) is 7.49. The van der Waals surface area contributed by atoms with Crippen molar-refractivity contribution < 1.29 is 14.3 Å². The van der Waals surface area contributed by atoms with Crippen molar-refractivity contribution in [2.45, 2.75) is 0 Å². The van der Waals surface area contributed by atoms with E-state index in [0.29, 0.717) is 28.3 Å². The molecule has 0 spiro atoms. The number of nitrogens with zero attached hydrogens (tertiary/aromatic N) is 2. The predicted molar refractivity (Wildman–Crippen MR) is 124 cm³/mol. The van der Waals surface area contributed by atoms with E-state index in [2.05, 4.69) is 36.8 Å². The van der Waals surface area contributed by atoms with Gasteiger partial charge in [-0.05, 0) is 42.5 Å². The highest BCUT2D eigenvalue weighted by Crippen LogP contribution is 2.27. The number of anilines is 2. The van der Waals surface area contributed by atoms with Crippen molar-refractivity contribution in [2.24, 2.45) is 10.2 Å². The van der Waals surface area contributed by atoms with E-state index in [9.17, 15) is 9.59 Å². The van der Waals surface area contributed by atoms with E-state index in [0.717, 1.165) is 4.47 Å². The lowest BCUT2D eigenvalue weighted by Gasteiger charge is -2.09. The minimum absolute atomic E-state index is 0.155. The molecule has 0 radical (unpaired) electrons. The largest absolute Gasteiger partial charge is 0.483 e. The Bertz CT molecular complexity index is 1190. The van der Waals surface area contributed by atoms with E-state index in [1.165, 1.54) is 6.21 Å². The number of hydrogen-bond acceptors (Lipinski definition) is 5. The van der Waals surface area contributed by atoms with Crippen molar-refractivity contribution in [3.8, 4) is 5.75 Å². The van der Waals surface area contributed by atoms with Crippen LogP contribution in [0.1, 0.15) is 11.1 Å². The lowest BCUT2D eigenvalue weighted by Crippen LogP contribution is -2.20. The summed E-state index contributed by atoms with van der Waals surface area (Å²) >= 11 is 3.39. The van der Waals surface area contributed by atoms with Crippen LogP contribution in [-0.2, 0) is 9.59 Å². The Morgan fingerprint density at radius 3 is 2.68 bits per heavy atom. The SMILES string of the molecule is O=C(COc1ccccc1/C=N/N=C1\C(=O)Nc2ccc(Br)cc21)Nc1ccccc1. The monoisotopic (exact) mass is 476 g/mol. The Balaban J connectivity index is 1.45. The number of fused-ring (bicyclic) bond motifs is 1. The summed E-state index contributed by atoms with van der Waals surface area (Å²) in [6, 6.07) is 21.7. The lowest BCUT2D eigenvalue weighted by molar-refractivity contribution is -0.118. The van der Waals surface area contributed by atoms with Crippen LogP contribution in [0.3, 0.4) is 0 Å². The van der Waals surface area contributed by atoms with Gasteiger partial charge in [0.15, 0.2) is 12.3 Å². The van der Waals surface area contributed by atoms with E-state index in [1.54, 1.807) is 36.4 Å². The minimum Gasteiger partial charge on any atom is -0.483 e. The maximum absolute atomic E-state index is 12.2. The minimum atomic E-state index is -0.313. The highest BCUT2D eigenvalue weighted by atomic mass is 79.9. The van der Waals surface area contributed by atoms with E-state index in [-0.39, 0.29) is 24.1 Å². The molecule has 7 nitrogen and oxygen atoms in total. The van der Waals surface area contributed by atoms with E-state index >= 15 is 0 Å². The molecule has 0 aliphatic carbocycles. The van der Waals surface area contributed by atoms with Gasteiger partial charge in [0, 0.05) is 21.3 Å². The van der Waals surface area contributed by atoms with Crippen molar-refractivity contribution in [1.29, 1.82) is 0 Å². The third-order valence-electron chi connectivity index (χ3n) is 4.39. The Kier molecular flexibility index (Phi) is 6.18. The fourth-order valence-corrected chi connectivity index (χ4v) is 3.31. The normalized spacial score (nSPS) is 13.8. The first-order valence-electron chi connectivity index (χ1n) is 9.39. The number of carbonyl (C=O) groups is 2. The zero-order chi connectivity index (χ0) is 21.6. The number of halogens is 1. The number of carbonyl (C=O) groups excluding carboxylic acids is 2. The van der Waals surface area contributed by atoms with E-state index in [4.69, 9.17) is 4.74 Å². The molecule has 8 heteroatoms. The third-order valence-corrected chi connectivity index (χ3v) is 4.88. The molecular weight excluding hydrogens is 460 g/mol. The number of benzene rings is 3. The van der Waals surface area contributed by atoms with Gasteiger partial charge in [0.05, 0.1) is 11.9 Å². The van der Waals surface area contributed by atoms with Crippen LogP contribution in [0.2, 0.25) is 0 Å². The average molecular weight is 477 g/mol. The molecule has 4 rings (SSSR count). The maximum atomic E-state index is 12.2. The van der Waals surface area contributed by atoms with Gasteiger partial charge in [-0.25, -0.2) is 0 Å². The number of rotatable bonds is 6. The van der Waals surface area contributed by atoms with Crippen molar-refractivity contribution in [1.82, 2.24) is 0 Å². The molecule has 0 bridgehead atoms. The van der Waals surface area contributed by atoms with Crippen LogP contribution < -0.4 is 15.4 Å². The molecule has 3 aromatic rings. The second-order valence-electron chi connectivity index (χ2n) is 6.58. The maximum Gasteiger partial charge on any atom is 0.276 e. The standard InChI is InChI=1S/C23H17BrN4O3/c24-16-10-11-19-18(12-16)22(23(30)27-19)28-25-13-15-6-4-5-9-20(15)31-14-21(29)26-17-7-2-1-3-8-17/h1-13H,14H2,(H,26,29)(H,27,28,30)/b25-13+. The van der Waals surface area contributed by atoms with Gasteiger partial charge >= 0.3 is 0 Å². The molecular formula is C23H17BrN4O3. The van der Waals surface area contributed by atoms with Gasteiger partial charge in [-0.1, -0.05) is 46.3 Å². The molecule has 154 valence electrons. The molecule has 31 heavy (non-hydrogen) atoms. The van der Waals surface area contributed by atoms with Gasteiger partial charge in [-0.3, -0.25) is 9.59 Å². The first kappa shape index (κ1) is 20.5. The molecule has 0 saturated heterocycles. The van der Waals surface area contributed by atoms with Crippen LogP contribution in [0.5, 0.6) is 5.75 Å². The first-order chi connectivity index (χ1) is 15.1. The third kappa shape index (κ3) is 5.04. The molecule has 0 atom stereocenters. The van der Waals surface area contributed by atoms with Gasteiger partial charge < -0.3 is 15.4 Å². The fourth-order valence-electron chi connectivity index (χ4n) is 2.95. The Morgan fingerprint density at radius 1 is 1.06 bits per heavy atom. The molecule has 0 saturated carbocycles. The van der Waals surface area contributed by atoms with Gasteiger partial charge in [-0.2, -0.15) is 5.10 Å². The van der Waals surface area contributed by atoms with Gasteiger partial charge in [0.1, 0.15) is 5.75 Å². The second kappa shape index (κ2) is 9.36. The van der Waals surface area contributed by atoms with Crippen LogP contribution >= 0.6 is 15.9 Å². The van der Waals surface area contributed by atoms with Crippen molar-refractivity contribution >= 4 is 51.0 Å². The summed E-state index contributed by atoms with van der Waals surface area (Å²) in [7, 11) is 0. The Morgan fingerprint density at radius 2 is 1.84 bits per heavy atom. The van der Waals surface area contributed by atoms with Gasteiger partial charge in [0.2, 0.25) is 0 Å². The molecule has 0 unspecified atom stereocenters. The molecule has 3 aromatic carbocycles. The van der Waals surface area contributed by atoms with Crippen LogP contribution in [0.25, 0.3) is 0 Å². The fraction of sp³-hybridized carbons (Fsp3) is 0.0435. The molecule has 1 heterocycles. The molecule has 2 amide bonds. The highest BCUT2D eigenvalue weighted by molar-refractivity contribution is 9.10. The summed E-state index contributed by atoms with van der Waals surface area (Å²) in [5.41, 5.74) is 2.93. The van der Waals surface area contributed by atoms with Gasteiger partial charge in [-0.15, -0.1) is 5.10 Å². The van der Waals surface area contributed by atoms with Crippen LogP contribution in [-0.4, -0.2) is 30.3 Å². The van der Waals surface area contributed by atoms with Crippen molar-refractivity contribution in [3.63, 3.8) is 0 Å². The number of hydrogen-bond donors (Lipinski definition) is 2. The summed E-state index contributed by atoms with van der Waals surface area (Å²) in [6.07, 6.45) is 1.49. The summed E-state index contributed by atoms with van der Waals surface area (Å²) in [4.78, 5) is 24.3. The molecule has 0 fully saturated rings. The quantitative estimate of drug-likeness (QED) is 0.411. The molecule has 1 aliphatic rings. The summed E-state index contributed by atoms with van der Waals surface area (Å²) in [5, 5.41) is 13.7. The Labute approximate surface area is 187 Å². The average Bonchev–Trinajstić information content (AvgIpc) is 3.08. The first-order valence-corrected chi connectivity index (χ1v) is 10.2. The topological polar surface area (TPSA) is 92.2 Å². The summed E-state index contributed by atoms with van der Waals surface area (Å²) in [5.74, 6) is -0.107. The van der Waals surface area contributed by atoms with E-state index < -0.39 is 0 Å². The predicted octanol–water partition coefficient (Wildman–Crippen LogP) is 4.24. The van der Waals surface area contributed by atoms with Gasteiger partial charge in [0.25, 0.3) is 11.8 Å². The molecule has 0 aromatic heterocycles. The summed E-state index contributed by atoms with van der Waals surface area (Å²) < 4.78 is 6.49. The molecule has 2 N–H and O–H groups in total. The summed E-state index contributed by atoms with van der Waals surface area (Å²) in [6.45, 7) is -0.155. The molecule has 1 aliphatic heterocycles. The van der Waals surface area contributed by atoms with Crippen LogP contribution in [0, 0.1) is 0 Å². The van der Waals surface area contributed by atoms with Crippen molar-refractivity contribution in [3.05, 3.63) is 88.4 Å². The lowest BCUT2D eigenvalue weighted by atomic mass is 10.1. The number of nitrogens with one attached hydrogen (secondary N) is 2. The number of amides is 2. The smallest absolute Gasteiger partial charge is 0.276 e.